The molecule has 0 heterocycles. The molecule has 4 nitrogen and oxygen atoms in total. The summed E-state index contributed by atoms with van der Waals surface area (Å²) in [7, 11) is 0. The summed E-state index contributed by atoms with van der Waals surface area (Å²) in [4.78, 5) is 19.0. The molecule has 0 aliphatic rings. The van der Waals surface area contributed by atoms with E-state index in [4.69, 9.17) is 15.0 Å². The molecule has 0 saturated carbocycles. The van der Waals surface area contributed by atoms with E-state index in [2.05, 4.69) is 6.92 Å². The highest BCUT2D eigenvalue weighted by molar-refractivity contribution is 5.73. The van der Waals surface area contributed by atoms with Gasteiger partial charge in [-0.2, -0.15) is 13.2 Å². The van der Waals surface area contributed by atoms with Crippen LogP contribution in [0.2, 0.25) is 0 Å². The summed E-state index contributed by atoms with van der Waals surface area (Å²) in [5.41, 5.74) is 0. The van der Waals surface area contributed by atoms with Crippen molar-refractivity contribution in [2.24, 2.45) is 0 Å². The van der Waals surface area contributed by atoms with Gasteiger partial charge in [0.15, 0.2) is 0 Å². The molecular formula is C11H19F3O4. The predicted octanol–water partition coefficient (Wildman–Crippen LogP) is 3.45. The molecule has 0 amide bonds. The summed E-state index contributed by atoms with van der Waals surface area (Å²) in [6.45, 7) is 2.18. The molecule has 0 radical (unpaired) electrons. The van der Waals surface area contributed by atoms with Crippen LogP contribution in [0.15, 0.2) is 0 Å². The van der Waals surface area contributed by atoms with Crippen molar-refractivity contribution in [1.82, 2.24) is 0 Å². The maximum absolute atomic E-state index is 10.6. The van der Waals surface area contributed by atoms with E-state index in [1.165, 1.54) is 25.7 Å². The summed E-state index contributed by atoms with van der Waals surface area (Å²) < 4.78 is 31.7. The summed E-state index contributed by atoms with van der Waals surface area (Å²) in [5, 5.41) is 15.4. The second-order valence-electron chi connectivity index (χ2n) is 3.71. The molecule has 0 saturated heterocycles. The summed E-state index contributed by atoms with van der Waals surface area (Å²) in [6, 6.07) is 0. The summed E-state index contributed by atoms with van der Waals surface area (Å²) in [6.07, 6.45) is 2.17. The number of carboxylic acids is 2. The fourth-order valence-corrected chi connectivity index (χ4v) is 1.06. The first-order valence-electron chi connectivity index (χ1n) is 5.73. The Morgan fingerprint density at radius 2 is 1.33 bits per heavy atom. The van der Waals surface area contributed by atoms with Crippen LogP contribution in [-0.4, -0.2) is 28.3 Å². The number of carboxylic acid groups (broad SMARTS) is 2. The van der Waals surface area contributed by atoms with E-state index in [1.54, 1.807) is 0 Å². The van der Waals surface area contributed by atoms with Gasteiger partial charge in [-0.25, -0.2) is 4.79 Å². The minimum Gasteiger partial charge on any atom is -0.481 e. The molecule has 0 aliphatic carbocycles. The van der Waals surface area contributed by atoms with Crippen LogP contribution in [0.4, 0.5) is 13.2 Å². The third kappa shape index (κ3) is 17.1. The largest absolute Gasteiger partial charge is 0.490 e. The van der Waals surface area contributed by atoms with Gasteiger partial charge in [0.2, 0.25) is 0 Å². The Bertz CT molecular complexity index is 239. The van der Waals surface area contributed by atoms with Crippen LogP contribution in [0.5, 0.6) is 0 Å². The Morgan fingerprint density at radius 1 is 0.944 bits per heavy atom. The standard InChI is InChI=1S/C9H18O2.C2HF3O2/c1-2-3-4-5-6-7-8-9(10)11;3-2(4,5)1(6)7/h2-8H2,1H3,(H,10,11);(H,6,7). The zero-order valence-corrected chi connectivity index (χ0v) is 10.3. The highest BCUT2D eigenvalue weighted by Gasteiger charge is 2.38. The summed E-state index contributed by atoms with van der Waals surface area (Å²) >= 11 is 0. The van der Waals surface area contributed by atoms with Crippen molar-refractivity contribution in [3.8, 4) is 0 Å². The molecule has 0 rings (SSSR count). The Balaban J connectivity index is 0. The van der Waals surface area contributed by atoms with E-state index in [9.17, 15) is 18.0 Å². The Morgan fingerprint density at radius 3 is 1.67 bits per heavy atom. The molecule has 0 aromatic carbocycles. The minimum absolute atomic E-state index is 0.339. The third-order valence-corrected chi connectivity index (χ3v) is 1.99. The maximum atomic E-state index is 10.6. The van der Waals surface area contributed by atoms with Crippen molar-refractivity contribution in [1.29, 1.82) is 0 Å². The Labute approximate surface area is 104 Å². The van der Waals surface area contributed by atoms with Crippen molar-refractivity contribution in [3.63, 3.8) is 0 Å². The lowest BCUT2D eigenvalue weighted by atomic mass is 10.1. The molecule has 0 aromatic heterocycles. The van der Waals surface area contributed by atoms with Crippen LogP contribution in [0.1, 0.15) is 51.9 Å². The lowest BCUT2D eigenvalue weighted by Gasteiger charge is -1.97. The first-order valence-corrected chi connectivity index (χ1v) is 5.73. The van der Waals surface area contributed by atoms with E-state index in [0.717, 1.165) is 12.8 Å². The summed E-state index contributed by atoms with van der Waals surface area (Å²) in [5.74, 6) is -3.42. The molecule has 18 heavy (non-hydrogen) atoms. The number of carbonyl (C=O) groups is 2. The van der Waals surface area contributed by atoms with Gasteiger partial charge in [-0.05, 0) is 6.42 Å². The molecule has 0 aromatic rings. The topological polar surface area (TPSA) is 74.6 Å². The maximum Gasteiger partial charge on any atom is 0.490 e. The molecule has 108 valence electrons. The number of rotatable bonds is 7. The van der Waals surface area contributed by atoms with Gasteiger partial charge in [-0.1, -0.05) is 39.0 Å². The first-order chi connectivity index (χ1) is 8.21. The van der Waals surface area contributed by atoms with E-state index < -0.39 is 18.1 Å². The van der Waals surface area contributed by atoms with Crippen LogP contribution < -0.4 is 0 Å². The van der Waals surface area contributed by atoms with Gasteiger partial charge in [0.1, 0.15) is 0 Å². The van der Waals surface area contributed by atoms with Gasteiger partial charge in [-0.15, -0.1) is 0 Å². The highest BCUT2D eigenvalue weighted by atomic mass is 19.4. The number of hydrogen-bond donors (Lipinski definition) is 2. The second-order valence-corrected chi connectivity index (χ2v) is 3.71. The molecule has 0 atom stereocenters. The van der Waals surface area contributed by atoms with Gasteiger partial charge in [-0.3, -0.25) is 4.79 Å². The van der Waals surface area contributed by atoms with Gasteiger partial charge >= 0.3 is 18.1 Å². The van der Waals surface area contributed by atoms with Gasteiger partial charge < -0.3 is 10.2 Å². The molecule has 0 unspecified atom stereocenters. The van der Waals surface area contributed by atoms with Crippen molar-refractivity contribution in [2.75, 3.05) is 0 Å². The van der Waals surface area contributed by atoms with Crippen LogP contribution in [-0.2, 0) is 9.59 Å². The third-order valence-electron chi connectivity index (χ3n) is 1.99. The number of alkyl halides is 3. The normalized spacial score (nSPS) is 10.4. The van der Waals surface area contributed by atoms with Gasteiger partial charge in [0, 0.05) is 6.42 Å². The van der Waals surface area contributed by atoms with Crippen LogP contribution in [0.3, 0.4) is 0 Å². The number of aliphatic carboxylic acids is 2. The Hall–Kier alpha value is -1.27. The number of unbranched alkanes of at least 4 members (excludes halogenated alkanes) is 5. The predicted molar refractivity (Wildman–Crippen MR) is 59.3 cm³/mol. The SMILES string of the molecule is CCCCCCCCC(=O)O.O=C(O)C(F)(F)F. The number of halogens is 3. The fourth-order valence-electron chi connectivity index (χ4n) is 1.06. The van der Waals surface area contributed by atoms with Crippen LogP contribution in [0.25, 0.3) is 0 Å². The quantitative estimate of drug-likeness (QED) is 0.696. The average molecular weight is 272 g/mol. The van der Waals surface area contributed by atoms with Crippen LogP contribution in [0, 0.1) is 0 Å². The van der Waals surface area contributed by atoms with Crippen molar-refractivity contribution < 1.29 is 33.0 Å². The minimum atomic E-state index is -5.08. The van der Waals surface area contributed by atoms with Gasteiger partial charge in [0.05, 0.1) is 0 Å². The molecule has 7 heteroatoms. The smallest absolute Gasteiger partial charge is 0.481 e. The lowest BCUT2D eigenvalue weighted by Crippen LogP contribution is -2.21. The van der Waals surface area contributed by atoms with E-state index in [-0.39, 0.29) is 0 Å². The molecule has 2 N–H and O–H groups in total. The zero-order valence-electron chi connectivity index (χ0n) is 10.3. The molecule has 0 fully saturated rings. The second kappa shape index (κ2) is 10.9. The van der Waals surface area contributed by atoms with Crippen molar-refractivity contribution in [2.45, 2.75) is 58.0 Å². The van der Waals surface area contributed by atoms with Gasteiger partial charge in [0.25, 0.3) is 0 Å². The number of hydrogen-bond acceptors (Lipinski definition) is 2. The van der Waals surface area contributed by atoms with E-state index >= 15 is 0 Å². The zero-order chi connectivity index (χ0) is 14.6. The fraction of sp³-hybridized carbons (Fsp3) is 0.818. The molecule has 0 aliphatic heterocycles. The van der Waals surface area contributed by atoms with E-state index in [1.807, 2.05) is 0 Å². The lowest BCUT2D eigenvalue weighted by molar-refractivity contribution is -0.192. The van der Waals surface area contributed by atoms with Crippen LogP contribution >= 0.6 is 0 Å². The highest BCUT2D eigenvalue weighted by Crippen LogP contribution is 2.13. The van der Waals surface area contributed by atoms with Crippen molar-refractivity contribution >= 4 is 11.9 Å². The molecular weight excluding hydrogens is 253 g/mol. The van der Waals surface area contributed by atoms with E-state index in [0.29, 0.717) is 6.42 Å². The monoisotopic (exact) mass is 272 g/mol. The Kier molecular flexibility index (Phi) is 11.5. The first kappa shape index (κ1) is 19.1. The molecule has 0 spiro atoms. The van der Waals surface area contributed by atoms with Crippen molar-refractivity contribution in [3.05, 3.63) is 0 Å². The molecule has 0 bridgehead atoms. The average Bonchev–Trinajstić information content (AvgIpc) is 2.22.